The molecule has 0 radical (unpaired) electrons. The molecule has 0 bridgehead atoms. The Hall–Kier alpha value is -1.61. The Morgan fingerprint density at radius 1 is 1.40 bits per heavy atom. The Balaban J connectivity index is 2.22. The van der Waals surface area contributed by atoms with Gasteiger partial charge in [-0.15, -0.1) is 0 Å². The molecule has 1 amide bonds. The standard InChI is InChI=1S/C17H23NO2/c1-5-13(2)16(19)18-15(12-20-17(18,3)4)11-14-9-7-6-8-10-14/h5-10,15H,11-12H2,1-4H3/b13-5+/t15-/m0/s1. The highest BCUT2D eigenvalue weighted by Crippen LogP contribution is 2.30. The lowest BCUT2D eigenvalue weighted by molar-refractivity contribution is -0.141. The zero-order chi connectivity index (χ0) is 14.8. The Morgan fingerprint density at radius 2 is 2.05 bits per heavy atom. The van der Waals surface area contributed by atoms with Crippen molar-refractivity contribution in [3.63, 3.8) is 0 Å². The second-order valence-electron chi connectivity index (χ2n) is 5.75. The van der Waals surface area contributed by atoms with Crippen molar-refractivity contribution >= 4 is 5.91 Å². The first-order chi connectivity index (χ1) is 9.45. The third-order valence-electron chi connectivity index (χ3n) is 3.88. The predicted molar refractivity (Wildman–Crippen MR) is 80.2 cm³/mol. The van der Waals surface area contributed by atoms with Crippen molar-refractivity contribution in [1.29, 1.82) is 0 Å². The zero-order valence-corrected chi connectivity index (χ0v) is 12.7. The Bertz CT molecular complexity index is 505. The lowest BCUT2D eigenvalue weighted by Gasteiger charge is -2.34. The molecule has 0 aromatic heterocycles. The maximum absolute atomic E-state index is 12.6. The van der Waals surface area contributed by atoms with Crippen LogP contribution in [0, 0.1) is 0 Å². The Kier molecular flexibility index (Phi) is 4.29. The maximum Gasteiger partial charge on any atom is 0.251 e. The summed E-state index contributed by atoms with van der Waals surface area (Å²) in [4.78, 5) is 14.5. The smallest absolute Gasteiger partial charge is 0.251 e. The van der Waals surface area contributed by atoms with Crippen LogP contribution in [0.15, 0.2) is 42.0 Å². The third kappa shape index (κ3) is 2.93. The summed E-state index contributed by atoms with van der Waals surface area (Å²) in [5, 5.41) is 0. The first kappa shape index (κ1) is 14.8. The molecular formula is C17H23NO2. The predicted octanol–water partition coefficient (Wildman–Crippen LogP) is 3.16. The second-order valence-corrected chi connectivity index (χ2v) is 5.75. The van der Waals surface area contributed by atoms with Crippen LogP contribution >= 0.6 is 0 Å². The molecule has 1 heterocycles. The highest BCUT2D eigenvalue weighted by atomic mass is 16.5. The molecule has 1 aromatic carbocycles. The molecule has 2 rings (SSSR count). The summed E-state index contributed by atoms with van der Waals surface area (Å²) in [5.41, 5.74) is 1.46. The van der Waals surface area contributed by atoms with Gasteiger partial charge in [-0.1, -0.05) is 36.4 Å². The molecular weight excluding hydrogens is 250 g/mol. The van der Waals surface area contributed by atoms with Crippen molar-refractivity contribution in [2.45, 2.75) is 45.9 Å². The number of amides is 1. The summed E-state index contributed by atoms with van der Waals surface area (Å²) in [7, 11) is 0. The summed E-state index contributed by atoms with van der Waals surface area (Å²) >= 11 is 0. The molecule has 3 heteroatoms. The average molecular weight is 273 g/mol. The van der Waals surface area contributed by atoms with E-state index in [2.05, 4.69) is 12.1 Å². The minimum atomic E-state index is -0.541. The molecule has 20 heavy (non-hydrogen) atoms. The number of ether oxygens (including phenoxy) is 1. The first-order valence-corrected chi connectivity index (χ1v) is 7.10. The van der Waals surface area contributed by atoms with E-state index in [1.54, 1.807) is 0 Å². The monoisotopic (exact) mass is 273 g/mol. The number of hydrogen-bond donors (Lipinski definition) is 0. The van der Waals surface area contributed by atoms with Crippen molar-refractivity contribution in [1.82, 2.24) is 4.90 Å². The normalized spacial score (nSPS) is 22.1. The highest BCUT2D eigenvalue weighted by molar-refractivity contribution is 5.93. The van der Waals surface area contributed by atoms with Gasteiger partial charge in [-0.3, -0.25) is 4.79 Å². The molecule has 0 saturated carbocycles. The molecule has 0 unspecified atom stereocenters. The Labute approximate surface area is 121 Å². The van der Waals surface area contributed by atoms with Gasteiger partial charge >= 0.3 is 0 Å². The summed E-state index contributed by atoms with van der Waals surface area (Å²) in [6, 6.07) is 10.3. The van der Waals surface area contributed by atoms with Gasteiger partial charge in [0.05, 0.1) is 12.6 Å². The van der Waals surface area contributed by atoms with E-state index >= 15 is 0 Å². The van der Waals surface area contributed by atoms with Crippen molar-refractivity contribution < 1.29 is 9.53 Å². The van der Waals surface area contributed by atoms with Gasteiger partial charge in [-0.05, 0) is 39.7 Å². The molecule has 1 aliphatic heterocycles. The van der Waals surface area contributed by atoms with E-state index in [0.29, 0.717) is 6.61 Å². The van der Waals surface area contributed by atoms with Crippen LogP contribution in [0.5, 0.6) is 0 Å². The number of benzene rings is 1. The largest absolute Gasteiger partial charge is 0.354 e. The Morgan fingerprint density at radius 3 is 2.65 bits per heavy atom. The fourth-order valence-electron chi connectivity index (χ4n) is 2.64. The molecule has 0 aliphatic carbocycles. The molecule has 0 N–H and O–H groups in total. The van der Waals surface area contributed by atoms with Crippen LogP contribution in [-0.4, -0.2) is 29.2 Å². The van der Waals surface area contributed by atoms with Gasteiger partial charge < -0.3 is 9.64 Å². The molecule has 1 fully saturated rings. The minimum absolute atomic E-state index is 0.0657. The van der Waals surface area contributed by atoms with Crippen LogP contribution in [0.4, 0.5) is 0 Å². The SMILES string of the molecule is C/C=C(\C)C(=O)N1[C@@H](Cc2ccccc2)COC1(C)C. The van der Waals surface area contributed by atoms with E-state index in [-0.39, 0.29) is 11.9 Å². The number of nitrogens with zero attached hydrogens (tertiary/aromatic N) is 1. The number of hydrogen-bond acceptors (Lipinski definition) is 2. The molecule has 108 valence electrons. The fourth-order valence-corrected chi connectivity index (χ4v) is 2.64. The number of allylic oxidation sites excluding steroid dienone is 1. The lowest BCUT2D eigenvalue weighted by atomic mass is 10.0. The van der Waals surface area contributed by atoms with Crippen LogP contribution in [0.25, 0.3) is 0 Å². The maximum atomic E-state index is 12.6. The molecule has 1 atom stereocenters. The van der Waals surface area contributed by atoms with Gasteiger partial charge in [0.25, 0.3) is 5.91 Å². The summed E-state index contributed by atoms with van der Waals surface area (Å²) in [6.07, 6.45) is 2.68. The van der Waals surface area contributed by atoms with Crippen molar-refractivity contribution in [2.24, 2.45) is 0 Å². The average Bonchev–Trinajstić information content (AvgIpc) is 2.73. The van der Waals surface area contributed by atoms with E-state index in [1.165, 1.54) is 5.56 Å². The summed E-state index contributed by atoms with van der Waals surface area (Å²) in [5.74, 6) is 0.0657. The molecule has 1 aliphatic rings. The molecule has 3 nitrogen and oxygen atoms in total. The van der Waals surface area contributed by atoms with Crippen LogP contribution in [0.1, 0.15) is 33.3 Å². The lowest BCUT2D eigenvalue weighted by Crippen LogP contribution is -2.48. The van der Waals surface area contributed by atoms with Crippen molar-refractivity contribution in [2.75, 3.05) is 6.61 Å². The zero-order valence-electron chi connectivity index (χ0n) is 12.7. The summed E-state index contributed by atoms with van der Waals surface area (Å²) in [6.45, 7) is 8.25. The fraction of sp³-hybridized carbons (Fsp3) is 0.471. The van der Waals surface area contributed by atoms with Gasteiger partial charge in [-0.25, -0.2) is 0 Å². The van der Waals surface area contributed by atoms with Crippen molar-refractivity contribution in [3.05, 3.63) is 47.5 Å². The molecule has 1 aromatic rings. The third-order valence-corrected chi connectivity index (χ3v) is 3.88. The number of carbonyl (C=O) groups is 1. The number of rotatable bonds is 3. The van der Waals surface area contributed by atoms with Gasteiger partial charge in [-0.2, -0.15) is 0 Å². The van der Waals surface area contributed by atoms with Crippen LogP contribution < -0.4 is 0 Å². The van der Waals surface area contributed by atoms with Gasteiger partial charge in [0, 0.05) is 5.57 Å². The topological polar surface area (TPSA) is 29.5 Å². The number of carbonyl (C=O) groups excluding carboxylic acids is 1. The molecule has 1 saturated heterocycles. The second kappa shape index (κ2) is 5.80. The van der Waals surface area contributed by atoms with E-state index in [4.69, 9.17) is 4.74 Å². The van der Waals surface area contributed by atoms with E-state index < -0.39 is 5.72 Å². The van der Waals surface area contributed by atoms with Gasteiger partial charge in [0.2, 0.25) is 0 Å². The van der Waals surface area contributed by atoms with Crippen LogP contribution in [0.2, 0.25) is 0 Å². The minimum Gasteiger partial charge on any atom is -0.354 e. The van der Waals surface area contributed by atoms with Gasteiger partial charge in [0.15, 0.2) is 0 Å². The van der Waals surface area contributed by atoms with Gasteiger partial charge in [0.1, 0.15) is 5.72 Å². The summed E-state index contributed by atoms with van der Waals surface area (Å²) < 4.78 is 5.83. The van der Waals surface area contributed by atoms with Crippen LogP contribution in [0.3, 0.4) is 0 Å². The van der Waals surface area contributed by atoms with E-state index in [1.807, 2.05) is 56.9 Å². The van der Waals surface area contributed by atoms with E-state index in [9.17, 15) is 4.79 Å². The van der Waals surface area contributed by atoms with Crippen molar-refractivity contribution in [3.8, 4) is 0 Å². The van der Waals surface area contributed by atoms with E-state index in [0.717, 1.165) is 12.0 Å². The quantitative estimate of drug-likeness (QED) is 0.792. The van der Waals surface area contributed by atoms with Crippen LogP contribution in [-0.2, 0) is 16.0 Å². The highest BCUT2D eigenvalue weighted by Gasteiger charge is 2.43. The first-order valence-electron chi connectivity index (χ1n) is 7.10. The molecule has 0 spiro atoms.